The topological polar surface area (TPSA) is 56.6 Å². The number of nitrogens with zero attached hydrogens (tertiary/aromatic N) is 3. The highest BCUT2D eigenvalue weighted by Gasteiger charge is 2.39. The molecule has 0 N–H and O–H groups in total. The molecule has 126 valence electrons. The summed E-state index contributed by atoms with van der Waals surface area (Å²) in [5.41, 5.74) is 0.948. The molecule has 2 aliphatic rings. The van der Waals surface area contributed by atoms with Crippen LogP contribution < -0.4 is 0 Å². The van der Waals surface area contributed by atoms with E-state index in [4.69, 9.17) is 9.47 Å². The first-order valence-electron chi connectivity index (χ1n) is 8.37. The maximum absolute atomic E-state index is 12.7. The summed E-state index contributed by atoms with van der Waals surface area (Å²) in [4.78, 5) is 14.6. The van der Waals surface area contributed by atoms with Gasteiger partial charge in [-0.15, -0.1) is 0 Å². The van der Waals surface area contributed by atoms with Gasteiger partial charge in [0.1, 0.15) is 0 Å². The summed E-state index contributed by atoms with van der Waals surface area (Å²) in [5.74, 6) is 0.0453. The van der Waals surface area contributed by atoms with Crippen LogP contribution >= 0.6 is 0 Å². The molecule has 1 amide bonds. The standard InChI is InChI=1S/C17H25N3O3/c1-3-20-13(8-9-18-20)4-7-17(21)19-10-11-23-16-6-5-14(22-2)12-15(16)19/h4,7-9,14-16H,3,5-6,10-12H2,1-2H3. The van der Waals surface area contributed by atoms with Gasteiger partial charge in [0, 0.05) is 32.5 Å². The van der Waals surface area contributed by atoms with Crippen LogP contribution in [0.2, 0.25) is 0 Å². The van der Waals surface area contributed by atoms with Crippen LogP contribution in [-0.2, 0) is 20.8 Å². The average molecular weight is 319 g/mol. The molecule has 0 aromatic carbocycles. The molecule has 0 bridgehead atoms. The third kappa shape index (κ3) is 3.48. The second-order valence-corrected chi connectivity index (χ2v) is 6.08. The van der Waals surface area contributed by atoms with E-state index in [-0.39, 0.29) is 24.2 Å². The van der Waals surface area contributed by atoms with Gasteiger partial charge in [-0.2, -0.15) is 5.10 Å². The number of carbonyl (C=O) groups is 1. The number of ether oxygens (including phenoxy) is 2. The minimum atomic E-state index is 0.0453. The number of fused-ring (bicyclic) bond motifs is 1. The van der Waals surface area contributed by atoms with Crippen molar-refractivity contribution < 1.29 is 14.3 Å². The van der Waals surface area contributed by atoms with Crippen molar-refractivity contribution >= 4 is 12.0 Å². The van der Waals surface area contributed by atoms with Crippen molar-refractivity contribution in [2.45, 2.75) is 51.0 Å². The molecule has 3 atom stereocenters. The molecular formula is C17H25N3O3. The normalized spacial score (nSPS) is 28.1. The first-order chi connectivity index (χ1) is 11.2. The number of aromatic nitrogens is 2. The lowest BCUT2D eigenvalue weighted by Crippen LogP contribution is -2.56. The molecular weight excluding hydrogens is 294 g/mol. The van der Waals surface area contributed by atoms with E-state index in [9.17, 15) is 4.79 Å². The largest absolute Gasteiger partial charge is 0.381 e. The van der Waals surface area contributed by atoms with Crippen molar-refractivity contribution in [3.63, 3.8) is 0 Å². The Balaban J connectivity index is 1.70. The van der Waals surface area contributed by atoms with E-state index in [2.05, 4.69) is 5.10 Å². The number of aryl methyl sites for hydroxylation is 1. The zero-order chi connectivity index (χ0) is 16.2. The van der Waals surface area contributed by atoms with Gasteiger partial charge < -0.3 is 14.4 Å². The lowest BCUT2D eigenvalue weighted by Gasteiger charge is -2.45. The van der Waals surface area contributed by atoms with E-state index >= 15 is 0 Å². The van der Waals surface area contributed by atoms with Crippen molar-refractivity contribution in [2.75, 3.05) is 20.3 Å². The fraction of sp³-hybridized carbons (Fsp3) is 0.647. The van der Waals surface area contributed by atoms with Crippen LogP contribution in [0.15, 0.2) is 18.3 Å². The summed E-state index contributed by atoms with van der Waals surface area (Å²) in [6.45, 7) is 4.09. The quantitative estimate of drug-likeness (QED) is 0.793. The van der Waals surface area contributed by atoms with Gasteiger partial charge in [0.15, 0.2) is 0 Å². The van der Waals surface area contributed by atoms with Gasteiger partial charge in [-0.25, -0.2) is 0 Å². The highest BCUT2D eigenvalue weighted by atomic mass is 16.5. The molecule has 1 aliphatic carbocycles. The first kappa shape index (κ1) is 16.2. The second kappa shape index (κ2) is 7.27. The summed E-state index contributed by atoms with van der Waals surface area (Å²) in [7, 11) is 1.74. The zero-order valence-electron chi connectivity index (χ0n) is 13.9. The summed E-state index contributed by atoms with van der Waals surface area (Å²) in [5, 5.41) is 4.22. The number of rotatable bonds is 4. The van der Waals surface area contributed by atoms with Gasteiger partial charge in [-0.3, -0.25) is 9.48 Å². The Hall–Kier alpha value is -1.66. The van der Waals surface area contributed by atoms with Gasteiger partial charge in [-0.05, 0) is 38.3 Å². The average Bonchev–Trinajstić information content (AvgIpc) is 3.06. The van der Waals surface area contributed by atoms with Crippen molar-refractivity contribution in [1.29, 1.82) is 0 Å². The van der Waals surface area contributed by atoms with Gasteiger partial charge in [0.2, 0.25) is 5.91 Å². The van der Waals surface area contributed by atoms with Gasteiger partial charge in [0.25, 0.3) is 0 Å². The highest BCUT2D eigenvalue weighted by molar-refractivity contribution is 5.91. The summed E-state index contributed by atoms with van der Waals surface area (Å²) in [6.07, 6.45) is 8.44. The molecule has 3 rings (SSSR count). The SMILES string of the molecule is CCn1nccc1C=CC(=O)N1CCOC2CCC(OC)CC21. The molecule has 1 aromatic rings. The number of hydrogen-bond acceptors (Lipinski definition) is 4. The number of carbonyl (C=O) groups excluding carboxylic acids is 1. The van der Waals surface area contributed by atoms with E-state index in [0.29, 0.717) is 13.2 Å². The van der Waals surface area contributed by atoms with Crippen molar-refractivity contribution in [1.82, 2.24) is 14.7 Å². The number of methoxy groups -OCH3 is 1. The second-order valence-electron chi connectivity index (χ2n) is 6.08. The van der Waals surface area contributed by atoms with Crippen molar-refractivity contribution in [3.05, 3.63) is 24.0 Å². The third-order valence-electron chi connectivity index (χ3n) is 4.83. The Morgan fingerprint density at radius 3 is 3.17 bits per heavy atom. The van der Waals surface area contributed by atoms with Crippen molar-refractivity contribution in [2.24, 2.45) is 0 Å². The fourth-order valence-electron chi connectivity index (χ4n) is 3.56. The fourth-order valence-corrected chi connectivity index (χ4v) is 3.56. The van der Waals surface area contributed by atoms with Crippen LogP contribution in [0.5, 0.6) is 0 Å². The Labute approximate surface area is 137 Å². The van der Waals surface area contributed by atoms with Gasteiger partial charge in [0.05, 0.1) is 30.6 Å². The van der Waals surface area contributed by atoms with Crippen LogP contribution in [0.1, 0.15) is 31.9 Å². The van der Waals surface area contributed by atoms with E-state index < -0.39 is 0 Å². The molecule has 1 aromatic heterocycles. The van der Waals surface area contributed by atoms with E-state index in [1.54, 1.807) is 19.4 Å². The Morgan fingerprint density at radius 1 is 1.52 bits per heavy atom. The molecule has 6 nitrogen and oxygen atoms in total. The molecule has 1 saturated heterocycles. The van der Waals surface area contributed by atoms with Crippen molar-refractivity contribution in [3.8, 4) is 0 Å². The first-order valence-corrected chi connectivity index (χ1v) is 8.37. The predicted molar refractivity (Wildman–Crippen MR) is 86.8 cm³/mol. The smallest absolute Gasteiger partial charge is 0.247 e. The van der Waals surface area contributed by atoms with E-state index in [1.807, 2.05) is 28.6 Å². The highest BCUT2D eigenvalue weighted by Crippen LogP contribution is 2.30. The maximum atomic E-state index is 12.7. The molecule has 0 spiro atoms. The van der Waals surface area contributed by atoms with E-state index in [1.165, 1.54) is 0 Å². The number of amides is 1. The van der Waals surface area contributed by atoms with Crippen LogP contribution in [0.25, 0.3) is 6.08 Å². The lowest BCUT2D eigenvalue weighted by atomic mass is 9.88. The molecule has 0 radical (unpaired) electrons. The van der Waals surface area contributed by atoms with Crippen LogP contribution in [0.3, 0.4) is 0 Å². The minimum Gasteiger partial charge on any atom is -0.381 e. The van der Waals surface area contributed by atoms with Crippen LogP contribution in [0.4, 0.5) is 0 Å². The number of morpholine rings is 1. The Morgan fingerprint density at radius 2 is 2.39 bits per heavy atom. The summed E-state index contributed by atoms with van der Waals surface area (Å²) >= 11 is 0. The Bertz CT molecular complexity index is 569. The summed E-state index contributed by atoms with van der Waals surface area (Å²) < 4.78 is 13.2. The molecule has 1 saturated carbocycles. The minimum absolute atomic E-state index is 0.0453. The Kier molecular flexibility index (Phi) is 5.13. The van der Waals surface area contributed by atoms with Gasteiger partial charge >= 0.3 is 0 Å². The molecule has 2 fully saturated rings. The van der Waals surface area contributed by atoms with Crippen LogP contribution in [-0.4, -0.2) is 59.1 Å². The van der Waals surface area contributed by atoms with Gasteiger partial charge in [-0.1, -0.05) is 0 Å². The third-order valence-corrected chi connectivity index (χ3v) is 4.83. The monoisotopic (exact) mass is 319 g/mol. The maximum Gasteiger partial charge on any atom is 0.247 e. The molecule has 3 unspecified atom stereocenters. The van der Waals surface area contributed by atoms with Crippen LogP contribution in [0, 0.1) is 0 Å². The molecule has 1 aliphatic heterocycles. The molecule has 23 heavy (non-hydrogen) atoms. The molecule has 6 heteroatoms. The summed E-state index contributed by atoms with van der Waals surface area (Å²) in [6, 6.07) is 2.03. The number of hydrogen-bond donors (Lipinski definition) is 0. The predicted octanol–water partition coefficient (Wildman–Crippen LogP) is 1.71. The van der Waals surface area contributed by atoms with E-state index in [0.717, 1.165) is 31.5 Å². The lowest BCUT2D eigenvalue weighted by molar-refractivity contribution is -0.149. The molecule has 2 heterocycles. The zero-order valence-corrected chi connectivity index (χ0v) is 13.9.